The molecule has 0 saturated heterocycles. The van der Waals surface area contributed by atoms with Crippen LogP contribution in [0.1, 0.15) is 31.2 Å². The summed E-state index contributed by atoms with van der Waals surface area (Å²) < 4.78 is 5.25. The molecule has 1 aromatic carbocycles. The highest BCUT2D eigenvalue weighted by Gasteiger charge is 2.32. The first-order chi connectivity index (χ1) is 7.78. The van der Waals surface area contributed by atoms with E-state index in [-0.39, 0.29) is 0 Å². The maximum absolute atomic E-state index is 5.96. The summed E-state index contributed by atoms with van der Waals surface area (Å²) >= 11 is 0. The number of ether oxygens (including phenoxy) is 1. The van der Waals surface area contributed by atoms with E-state index in [4.69, 9.17) is 10.5 Å². The van der Waals surface area contributed by atoms with E-state index < -0.39 is 0 Å². The maximum Gasteiger partial charge on any atom is 0.119 e. The van der Waals surface area contributed by atoms with Gasteiger partial charge in [0, 0.05) is 0 Å². The summed E-state index contributed by atoms with van der Waals surface area (Å²) in [5.41, 5.74) is 7.66. The SMILES string of the molecule is COc1cccc(CC2(CN)CCCC2)c1. The van der Waals surface area contributed by atoms with Gasteiger partial charge in [0.1, 0.15) is 5.75 Å². The molecule has 1 aromatic rings. The summed E-state index contributed by atoms with van der Waals surface area (Å²) in [4.78, 5) is 0. The van der Waals surface area contributed by atoms with Crippen LogP contribution in [-0.2, 0) is 6.42 Å². The third-order valence-electron chi connectivity index (χ3n) is 3.81. The number of benzene rings is 1. The molecule has 1 aliphatic rings. The van der Waals surface area contributed by atoms with Crippen molar-refractivity contribution in [2.75, 3.05) is 13.7 Å². The van der Waals surface area contributed by atoms with Crippen molar-refractivity contribution < 1.29 is 4.74 Å². The van der Waals surface area contributed by atoms with Crippen LogP contribution in [-0.4, -0.2) is 13.7 Å². The van der Waals surface area contributed by atoms with Gasteiger partial charge in [-0.3, -0.25) is 0 Å². The fourth-order valence-electron chi connectivity index (χ4n) is 2.79. The van der Waals surface area contributed by atoms with Gasteiger partial charge < -0.3 is 10.5 Å². The first-order valence-corrected chi connectivity index (χ1v) is 6.11. The number of nitrogens with two attached hydrogens (primary N) is 1. The predicted molar refractivity (Wildman–Crippen MR) is 66.7 cm³/mol. The Morgan fingerprint density at radius 2 is 2.06 bits per heavy atom. The van der Waals surface area contributed by atoms with Gasteiger partial charge in [-0.25, -0.2) is 0 Å². The lowest BCUT2D eigenvalue weighted by molar-refractivity contribution is 0.306. The van der Waals surface area contributed by atoms with Crippen LogP contribution in [0.2, 0.25) is 0 Å². The predicted octanol–water partition coefficient (Wildman–Crippen LogP) is 2.76. The molecule has 0 heterocycles. The second kappa shape index (κ2) is 4.88. The van der Waals surface area contributed by atoms with Crippen molar-refractivity contribution in [2.45, 2.75) is 32.1 Å². The van der Waals surface area contributed by atoms with Gasteiger partial charge in [-0.2, -0.15) is 0 Å². The summed E-state index contributed by atoms with van der Waals surface area (Å²) in [5.74, 6) is 0.947. The first kappa shape index (κ1) is 11.5. The number of rotatable bonds is 4. The molecular formula is C14H21NO. The second-order valence-corrected chi connectivity index (χ2v) is 4.94. The van der Waals surface area contributed by atoms with Crippen molar-refractivity contribution in [1.82, 2.24) is 0 Å². The molecule has 2 nitrogen and oxygen atoms in total. The van der Waals surface area contributed by atoms with E-state index in [1.54, 1.807) is 7.11 Å². The van der Waals surface area contributed by atoms with Crippen LogP contribution < -0.4 is 10.5 Å². The van der Waals surface area contributed by atoms with Crippen LogP contribution in [0.3, 0.4) is 0 Å². The van der Waals surface area contributed by atoms with Gasteiger partial charge in [-0.1, -0.05) is 25.0 Å². The molecule has 2 rings (SSSR count). The van der Waals surface area contributed by atoms with E-state index in [9.17, 15) is 0 Å². The van der Waals surface area contributed by atoms with Crippen molar-refractivity contribution in [3.05, 3.63) is 29.8 Å². The average molecular weight is 219 g/mol. The fourth-order valence-corrected chi connectivity index (χ4v) is 2.79. The molecule has 0 radical (unpaired) electrons. The van der Waals surface area contributed by atoms with E-state index in [1.165, 1.54) is 31.2 Å². The van der Waals surface area contributed by atoms with Gasteiger partial charge in [-0.05, 0) is 48.9 Å². The monoisotopic (exact) mass is 219 g/mol. The van der Waals surface area contributed by atoms with Gasteiger partial charge >= 0.3 is 0 Å². The molecule has 0 spiro atoms. The maximum atomic E-state index is 5.96. The normalized spacial score (nSPS) is 18.6. The summed E-state index contributed by atoms with van der Waals surface area (Å²) in [5, 5.41) is 0. The van der Waals surface area contributed by atoms with Gasteiger partial charge in [0.05, 0.1) is 7.11 Å². The molecule has 1 fully saturated rings. The number of hydrogen-bond acceptors (Lipinski definition) is 2. The van der Waals surface area contributed by atoms with E-state index in [0.717, 1.165) is 18.7 Å². The van der Waals surface area contributed by atoms with Crippen molar-refractivity contribution in [1.29, 1.82) is 0 Å². The quantitative estimate of drug-likeness (QED) is 0.845. The number of hydrogen-bond donors (Lipinski definition) is 1. The minimum absolute atomic E-state index is 0.354. The lowest BCUT2D eigenvalue weighted by Crippen LogP contribution is -2.29. The highest BCUT2D eigenvalue weighted by atomic mass is 16.5. The molecule has 0 aromatic heterocycles. The summed E-state index contributed by atoms with van der Waals surface area (Å²) in [6.07, 6.45) is 6.32. The van der Waals surface area contributed by atoms with E-state index in [1.807, 2.05) is 6.07 Å². The largest absolute Gasteiger partial charge is 0.497 e. The van der Waals surface area contributed by atoms with Crippen LogP contribution in [0.5, 0.6) is 5.75 Å². The average Bonchev–Trinajstić information content (AvgIpc) is 2.78. The standard InChI is InChI=1S/C14H21NO/c1-16-13-6-4-5-12(9-13)10-14(11-15)7-2-3-8-14/h4-6,9H,2-3,7-8,10-11,15H2,1H3. The Kier molecular flexibility index (Phi) is 3.49. The smallest absolute Gasteiger partial charge is 0.119 e. The summed E-state index contributed by atoms with van der Waals surface area (Å²) in [6.45, 7) is 0.810. The Morgan fingerprint density at radius 3 is 2.69 bits per heavy atom. The molecule has 2 N–H and O–H groups in total. The molecule has 16 heavy (non-hydrogen) atoms. The second-order valence-electron chi connectivity index (χ2n) is 4.94. The molecule has 0 bridgehead atoms. The van der Waals surface area contributed by atoms with Crippen LogP contribution in [0, 0.1) is 5.41 Å². The summed E-state index contributed by atoms with van der Waals surface area (Å²) in [7, 11) is 1.72. The Balaban J connectivity index is 2.12. The van der Waals surface area contributed by atoms with E-state index in [2.05, 4.69) is 18.2 Å². The van der Waals surface area contributed by atoms with Crippen LogP contribution in [0.15, 0.2) is 24.3 Å². The first-order valence-electron chi connectivity index (χ1n) is 6.11. The zero-order valence-electron chi connectivity index (χ0n) is 10.0. The molecule has 0 atom stereocenters. The van der Waals surface area contributed by atoms with Crippen LogP contribution in [0.25, 0.3) is 0 Å². The lowest BCUT2D eigenvalue weighted by atomic mass is 9.80. The van der Waals surface area contributed by atoms with Crippen molar-refractivity contribution in [2.24, 2.45) is 11.1 Å². The molecule has 0 unspecified atom stereocenters. The van der Waals surface area contributed by atoms with Crippen LogP contribution >= 0.6 is 0 Å². The van der Waals surface area contributed by atoms with Crippen molar-refractivity contribution >= 4 is 0 Å². The molecule has 0 aliphatic heterocycles. The molecule has 1 aliphatic carbocycles. The Labute approximate surface area is 97.8 Å². The van der Waals surface area contributed by atoms with Gasteiger partial charge in [-0.15, -0.1) is 0 Å². The summed E-state index contributed by atoms with van der Waals surface area (Å²) in [6, 6.07) is 8.37. The van der Waals surface area contributed by atoms with Gasteiger partial charge in [0.15, 0.2) is 0 Å². The fraction of sp³-hybridized carbons (Fsp3) is 0.571. The van der Waals surface area contributed by atoms with Gasteiger partial charge in [0.25, 0.3) is 0 Å². The molecule has 88 valence electrons. The molecule has 2 heteroatoms. The van der Waals surface area contributed by atoms with E-state index >= 15 is 0 Å². The molecule has 1 saturated carbocycles. The topological polar surface area (TPSA) is 35.2 Å². The minimum atomic E-state index is 0.354. The van der Waals surface area contributed by atoms with Gasteiger partial charge in [0.2, 0.25) is 0 Å². The van der Waals surface area contributed by atoms with Crippen molar-refractivity contribution in [3.8, 4) is 5.75 Å². The molecule has 0 amide bonds. The highest BCUT2D eigenvalue weighted by molar-refractivity contribution is 5.29. The minimum Gasteiger partial charge on any atom is -0.497 e. The highest BCUT2D eigenvalue weighted by Crippen LogP contribution is 2.40. The zero-order chi connectivity index (χ0) is 11.4. The Morgan fingerprint density at radius 1 is 1.31 bits per heavy atom. The van der Waals surface area contributed by atoms with Crippen molar-refractivity contribution in [3.63, 3.8) is 0 Å². The van der Waals surface area contributed by atoms with E-state index in [0.29, 0.717) is 5.41 Å². The Hall–Kier alpha value is -1.02. The third kappa shape index (κ3) is 2.38. The molecular weight excluding hydrogens is 198 g/mol. The Bertz CT molecular complexity index is 342. The number of methoxy groups -OCH3 is 1. The lowest BCUT2D eigenvalue weighted by Gasteiger charge is -2.27. The zero-order valence-corrected chi connectivity index (χ0v) is 10.0. The third-order valence-corrected chi connectivity index (χ3v) is 3.81. The van der Waals surface area contributed by atoms with Crippen LogP contribution in [0.4, 0.5) is 0 Å².